The zero-order valence-corrected chi connectivity index (χ0v) is 14.5. The van der Waals surface area contributed by atoms with Gasteiger partial charge in [-0.3, -0.25) is 15.0 Å². The van der Waals surface area contributed by atoms with Crippen LogP contribution < -0.4 is 16.5 Å². The molecular weight excluding hydrogens is 327 g/mol. The third kappa shape index (κ3) is 4.53. The zero-order valence-electron chi connectivity index (χ0n) is 14.5. The first-order valence-electron chi connectivity index (χ1n) is 8.44. The number of halogens is 1. The number of aliphatic carboxylic acids is 1. The Morgan fingerprint density at radius 1 is 1.44 bits per heavy atom. The third-order valence-electron chi connectivity index (χ3n) is 4.53. The van der Waals surface area contributed by atoms with Gasteiger partial charge >= 0.3 is 5.97 Å². The molecule has 8 heteroatoms. The molecule has 5 N–H and O–H groups in total. The largest absolute Gasteiger partial charge is 0.480 e. The van der Waals surface area contributed by atoms with Gasteiger partial charge in [0.1, 0.15) is 11.9 Å². The topological polar surface area (TPSA) is 108 Å². The molecule has 0 spiro atoms. The van der Waals surface area contributed by atoms with Gasteiger partial charge in [0.05, 0.1) is 6.04 Å². The van der Waals surface area contributed by atoms with E-state index in [-0.39, 0.29) is 18.2 Å². The molecule has 1 aromatic rings. The van der Waals surface area contributed by atoms with Gasteiger partial charge in [-0.2, -0.15) is 0 Å². The first-order valence-corrected chi connectivity index (χ1v) is 8.44. The summed E-state index contributed by atoms with van der Waals surface area (Å²) in [4.78, 5) is 23.0. The second-order valence-corrected chi connectivity index (χ2v) is 6.19. The van der Waals surface area contributed by atoms with Crippen LogP contribution in [-0.4, -0.2) is 47.7 Å². The normalized spacial score (nSPS) is 21.9. The molecule has 2 unspecified atom stereocenters. The van der Waals surface area contributed by atoms with Crippen LogP contribution in [0.2, 0.25) is 0 Å². The number of rotatable bonds is 7. The maximum Gasteiger partial charge on any atom is 0.322 e. The number of carbonyl (C=O) groups is 2. The molecule has 0 bridgehead atoms. The number of amides is 1. The van der Waals surface area contributed by atoms with Crippen LogP contribution in [0.1, 0.15) is 42.2 Å². The van der Waals surface area contributed by atoms with Crippen molar-refractivity contribution in [1.82, 2.24) is 15.8 Å². The van der Waals surface area contributed by atoms with E-state index >= 15 is 0 Å². The number of hydrogen-bond donors (Lipinski definition) is 4. The minimum atomic E-state index is -1.21. The lowest BCUT2D eigenvalue weighted by molar-refractivity contribution is -0.138. The Morgan fingerprint density at radius 2 is 2.16 bits per heavy atom. The maximum atomic E-state index is 14.1. The molecule has 138 valence electrons. The van der Waals surface area contributed by atoms with Gasteiger partial charge in [0.25, 0.3) is 5.91 Å². The summed E-state index contributed by atoms with van der Waals surface area (Å²) in [7, 11) is 0. The highest BCUT2D eigenvalue weighted by molar-refractivity contribution is 5.94. The van der Waals surface area contributed by atoms with E-state index in [1.807, 2.05) is 11.9 Å². The standard InChI is InChI=1S/C17H25FN4O3/c1-3-10-8-21-22(4-2)15(10)11-5-12(7-13(18)6-11)16(23)20-9-14(19)17(24)25/h5-7,10,14-15,21H,3-4,8-9,19H2,1-2H3,(H,20,23)(H,24,25)/t10?,14-,15?/m1/s1. The fourth-order valence-electron chi connectivity index (χ4n) is 3.13. The molecule has 1 aliphatic rings. The van der Waals surface area contributed by atoms with Crippen LogP contribution in [0.15, 0.2) is 18.2 Å². The van der Waals surface area contributed by atoms with Crippen molar-refractivity contribution in [2.45, 2.75) is 32.4 Å². The number of carboxylic acid groups (broad SMARTS) is 1. The average Bonchev–Trinajstić information content (AvgIpc) is 3.01. The smallest absolute Gasteiger partial charge is 0.322 e. The summed E-state index contributed by atoms with van der Waals surface area (Å²) >= 11 is 0. The van der Waals surface area contributed by atoms with Crippen LogP contribution in [0.5, 0.6) is 0 Å². The highest BCUT2D eigenvalue weighted by Crippen LogP contribution is 2.34. The fraction of sp³-hybridized carbons (Fsp3) is 0.529. The van der Waals surface area contributed by atoms with Gasteiger partial charge in [0, 0.05) is 25.2 Å². The highest BCUT2D eigenvalue weighted by Gasteiger charge is 2.33. The van der Waals surface area contributed by atoms with Gasteiger partial charge in [-0.1, -0.05) is 20.3 Å². The number of benzene rings is 1. The van der Waals surface area contributed by atoms with Gasteiger partial charge in [0.2, 0.25) is 0 Å². The molecule has 7 nitrogen and oxygen atoms in total. The lowest BCUT2D eigenvalue weighted by Gasteiger charge is -2.26. The third-order valence-corrected chi connectivity index (χ3v) is 4.53. The van der Waals surface area contributed by atoms with Crippen molar-refractivity contribution in [1.29, 1.82) is 0 Å². The van der Waals surface area contributed by atoms with E-state index in [0.717, 1.165) is 31.1 Å². The van der Waals surface area contributed by atoms with E-state index in [2.05, 4.69) is 17.7 Å². The Labute approximate surface area is 146 Å². The fourth-order valence-corrected chi connectivity index (χ4v) is 3.13. The Bertz CT molecular complexity index is 628. The maximum absolute atomic E-state index is 14.1. The zero-order chi connectivity index (χ0) is 18.6. The van der Waals surface area contributed by atoms with E-state index < -0.39 is 23.7 Å². The van der Waals surface area contributed by atoms with Gasteiger partial charge in [-0.15, -0.1) is 0 Å². The second-order valence-electron chi connectivity index (χ2n) is 6.19. The van der Waals surface area contributed by atoms with E-state index in [4.69, 9.17) is 10.8 Å². The van der Waals surface area contributed by atoms with Gasteiger partial charge in [0.15, 0.2) is 0 Å². The number of hydrogen-bond acceptors (Lipinski definition) is 5. The Balaban J connectivity index is 2.22. The summed E-state index contributed by atoms with van der Waals surface area (Å²) in [6, 6.07) is 3.04. The van der Waals surface area contributed by atoms with Crippen molar-refractivity contribution in [2.24, 2.45) is 11.7 Å². The van der Waals surface area contributed by atoms with Crippen LogP contribution in [0.3, 0.4) is 0 Å². The first kappa shape index (κ1) is 19.3. The monoisotopic (exact) mass is 352 g/mol. The van der Waals surface area contributed by atoms with Crippen LogP contribution in [-0.2, 0) is 4.79 Å². The predicted molar refractivity (Wildman–Crippen MR) is 91.2 cm³/mol. The van der Waals surface area contributed by atoms with Crippen molar-refractivity contribution >= 4 is 11.9 Å². The van der Waals surface area contributed by atoms with Crippen LogP contribution in [0, 0.1) is 11.7 Å². The quantitative estimate of drug-likeness (QED) is 0.580. The number of carboxylic acids is 1. The molecule has 1 fully saturated rings. The minimum absolute atomic E-state index is 0.0153. The molecule has 1 amide bonds. The molecule has 3 atom stereocenters. The summed E-state index contributed by atoms with van der Waals surface area (Å²) in [5, 5.41) is 13.2. The lowest BCUT2D eigenvalue weighted by Crippen LogP contribution is -2.42. The average molecular weight is 352 g/mol. The Hall–Kier alpha value is -2.03. The Kier molecular flexibility index (Phi) is 6.46. The van der Waals surface area contributed by atoms with E-state index in [1.54, 1.807) is 6.07 Å². The molecule has 0 radical (unpaired) electrons. The number of nitrogens with two attached hydrogens (primary N) is 1. The second kappa shape index (κ2) is 8.37. The first-order chi connectivity index (χ1) is 11.9. The molecule has 2 rings (SSSR count). The SMILES string of the molecule is CCC1CNN(CC)C1c1cc(F)cc(C(=O)NC[C@@H](N)C(=O)O)c1. The van der Waals surface area contributed by atoms with Crippen LogP contribution in [0.4, 0.5) is 4.39 Å². The van der Waals surface area contributed by atoms with Crippen LogP contribution in [0.25, 0.3) is 0 Å². The summed E-state index contributed by atoms with van der Waals surface area (Å²) < 4.78 is 14.1. The lowest BCUT2D eigenvalue weighted by atomic mass is 9.91. The van der Waals surface area contributed by atoms with E-state index in [1.165, 1.54) is 6.07 Å². The van der Waals surface area contributed by atoms with Crippen molar-refractivity contribution < 1.29 is 19.1 Å². The van der Waals surface area contributed by atoms with Crippen LogP contribution >= 0.6 is 0 Å². The highest BCUT2D eigenvalue weighted by atomic mass is 19.1. The van der Waals surface area contributed by atoms with Gasteiger partial charge in [-0.05, 0) is 29.7 Å². The van der Waals surface area contributed by atoms with Crippen molar-refractivity contribution in [2.75, 3.05) is 19.6 Å². The number of carbonyl (C=O) groups excluding carboxylic acids is 1. The number of hydrazine groups is 1. The molecule has 1 saturated heterocycles. The molecule has 0 aliphatic carbocycles. The number of nitrogens with zero attached hydrogens (tertiary/aromatic N) is 1. The summed E-state index contributed by atoms with van der Waals surface area (Å²) in [6.45, 7) is 5.44. The molecule has 1 aliphatic heterocycles. The summed E-state index contributed by atoms with van der Waals surface area (Å²) in [5.74, 6) is -1.93. The molecular formula is C17H25FN4O3. The predicted octanol–water partition coefficient (Wildman–Crippen LogP) is 0.875. The van der Waals surface area contributed by atoms with Crippen molar-refractivity contribution in [3.63, 3.8) is 0 Å². The van der Waals surface area contributed by atoms with E-state index in [9.17, 15) is 14.0 Å². The summed E-state index contributed by atoms with van der Waals surface area (Å²) in [5.41, 5.74) is 9.56. The molecule has 0 saturated carbocycles. The van der Waals surface area contributed by atoms with Crippen molar-refractivity contribution in [3.8, 4) is 0 Å². The number of nitrogens with one attached hydrogen (secondary N) is 2. The summed E-state index contributed by atoms with van der Waals surface area (Å²) in [6.07, 6.45) is 0.930. The van der Waals surface area contributed by atoms with Gasteiger partial charge < -0.3 is 16.2 Å². The van der Waals surface area contributed by atoms with Gasteiger partial charge in [-0.25, -0.2) is 9.40 Å². The molecule has 1 heterocycles. The molecule has 1 aromatic carbocycles. The van der Waals surface area contributed by atoms with E-state index in [0.29, 0.717) is 5.92 Å². The van der Waals surface area contributed by atoms with Crippen molar-refractivity contribution in [3.05, 3.63) is 35.1 Å². The minimum Gasteiger partial charge on any atom is -0.480 e. The molecule has 0 aromatic heterocycles. The molecule has 25 heavy (non-hydrogen) atoms. The Morgan fingerprint density at radius 3 is 2.76 bits per heavy atom.